The topological polar surface area (TPSA) is 50.4 Å². The van der Waals surface area contributed by atoms with Crippen LogP contribution in [0.3, 0.4) is 0 Å². The molecule has 4 heteroatoms. The van der Waals surface area contributed by atoms with E-state index in [0.29, 0.717) is 5.76 Å². The summed E-state index contributed by atoms with van der Waals surface area (Å²) in [5.41, 5.74) is 3.80. The molecule has 0 unspecified atom stereocenters. The molecule has 70 valence electrons. The summed E-state index contributed by atoms with van der Waals surface area (Å²) in [6.07, 6.45) is 3.14. The normalized spacial score (nSPS) is 10.6. The van der Waals surface area contributed by atoms with Gasteiger partial charge in [0.1, 0.15) is 0 Å². The van der Waals surface area contributed by atoms with Crippen LogP contribution in [0.5, 0.6) is 0 Å². The van der Waals surface area contributed by atoms with Crippen molar-refractivity contribution in [2.24, 2.45) is 5.10 Å². The summed E-state index contributed by atoms with van der Waals surface area (Å²) >= 11 is 0. The van der Waals surface area contributed by atoms with Gasteiger partial charge in [0.15, 0.2) is 5.76 Å². The lowest BCUT2D eigenvalue weighted by Gasteiger charge is -1.96. The number of hydrogen-bond donors (Lipinski definition) is 1. The lowest BCUT2D eigenvalue weighted by atomic mass is 10.3. The van der Waals surface area contributed by atoms with E-state index in [9.17, 15) is 0 Å². The molecule has 0 aliphatic rings. The van der Waals surface area contributed by atoms with Crippen LogP contribution in [0.1, 0.15) is 5.76 Å². The van der Waals surface area contributed by atoms with E-state index in [4.69, 9.17) is 4.52 Å². The quantitative estimate of drug-likeness (QED) is 0.591. The summed E-state index contributed by atoms with van der Waals surface area (Å²) < 4.78 is 4.83. The molecule has 0 atom stereocenters. The van der Waals surface area contributed by atoms with Crippen LogP contribution in [-0.4, -0.2) is 11.4 Å². The largest absolute Gasteiger partial charge is 0.355 e. The Morgan fingerprint density at radius 3 is 2.79 bits per heavy atom. The highest BCUT2D eigenvalue weighted by atomic mass is 16.5. The summed E-state index contributed by atoms with van der Waals surface area (Å²) in [6, 6.07) is 11.4. The molecule has 2 aromatic rings. The molecule has 0 saturated heterocycles. The molecule has 4 nitrogen and oxygen atoms in total. The highest BCUT2D eigenvalue weighted by Crippen LogP contribution is 2.04. The van der Waals surface area contributed by atoms with Crippen LogP contribution in [0.4, 0.5) is 5.69 Å². The van der Waals surface area contributed by atoms with Crippen molar-refractivity contribution in [2.75, 3.05) is 5.43 Å². The molecular formula is C10H9N3O. The molecule has 0 spiro atoms. The van der Waals surface area contributed by atoms with Crippen molar-refractivity contribution in [3.8, 4) is 0 Å². The molecule has 0 fully saturated rings. The monoisotopic (exact) mass is 187 g/mol. The fourth-order valence-electron chi connectivity index (χ4n) is 0.975. The zero-order valence-electron chi connectivity index (χ0n) is 7.42. The number of nitrogens with one attached hydrogen (secondary N) is 1. The van der Waals surface area contributed by atoms with Crippen molar-refractivity contribution >= 4 is 11.9 Å². The fraction of sp³-hybridized carbons (Fsp3) is 0. The van der Waals surface area contributed by atoms with Crippen molar-refractivity contribution in [1.29, 1.82) is 0 Å². The Kier molecular flexibility index (Phi) is 2.56. The lowest BCUT2D eigenvalue weighted by molar-refractivity contribution is 0.415. The molecule has 1 N–H and O–H groups in total. The van der Waals surface area contributed by atoms with Crippen molar-refractivity contribution in [1.82, 2.24) is 5.16 Å². The van der Waals surface area contributed by atoms with E-state index in [1.807, 2.05) is 30.3 Å². The standard InChI is InChI=1S/C10H9N3O/c1-2-4-9(5-3-1)13-11-8-10-6-7-12-14-10/h1-8,13H/b11-8+. The van der Waals surface area contributed by atoms with Gasteiger partial charge in [-0.15, -0.1) is 0 Å². The average Bonchev–Trinajstić information content (AvgIpc) is 2.72. The van der Waals surface area contributed by atoms with Crippen LogP contribution in [0.15, 0.2) is 52.2 Å². The predicted molar refractivity (Wildman–Crippen MR) is 54.2 cm³/mol. The first-order chi connectivity index (χ1) is 6.95. The number of para-hydroxylation sites is 1. The Balaban J connectivity index is 1.95. The van der Waals surface area contributed by atoms with Crippen LogP contribution < -0.4 is 5.43 Å². The number of hydrogen-bond acceptors (Lipinski definition) is 4. The third kappa shape index (κ3) is 2.20. The van der Waals surface area contributed by atoms with Crippen molar-refractivity contribution in [3.05, 3.63) is 48.4 Å². The Morgan fingerprint density at radius 2 is 2.07 bits per heavy atom. The molecule has 0 bridgehead atoms. The maximum Gasteiger partial charge on any atom is 0.179 e. The zero-order valence-corrected chi connectivity index (χ0v) is 7.42. The van der Waals surface area contributed by atoms with Crippen LogP contribution in [0.25, 0.3) is 0 Å². The SMILES string of the molecule is C(=N\Nc1ccccc1)/c1ccno1. The van der Waals surface area contributed by atoms with Crippen molar-refractivity contribution in [2.45, 2.75) is 0 Å². The highest BCUT2D eigenvalue weighted by Gasteiger charge is 1.89. The van der Waals surface area contributed by atoms with Crippen LogP contribution >= 0.6 is 0 Å². The maximum absolute atomic E-state index is 4.83. The third-order valence-corrected chi connectivity index (χ3v) is 1.62. The second-order valence-electron chi connectivity index (χ2n) is 2.65. The maximum atomic E-state index is 4.83. The van der Waals surface area contributed by atoms with Gasteiger partial charge in [-0.1, -0.05) is 23.4 Å². The van der Waals surface area contributed by atoms with Gasteiger partial charge < -0.3 is 4.52 Å². The van der Waals surface area contributed by atoms with E-state index >= 15 is 0 Å². The minimum atomic E-state index is 0.619. The minimum Gasteiger partial charge on any atom is -0.355 e. The third-order valence-electron chi connectivity index (χ3n) is 1.62. The average molecular weight is 187 g/mol. The van der Waals surface area contributed by atoms with E-state index < -0.39 is 0 Å². The van der Waals surface area contributed by atoms with Crippen LogP contribution in [0, 0.1) is 0 Å². The molecular weight excluding hydrogens is 178 g/mol. The van der Waals surface area contributed by atoms with Gasteiger partial charge in [-0.3, -0.25) is 5.43 Å². The van der Waals surface area contributed by atoms with E-state index in [-0.39, 0.29) is 0 Å². The molecule has 14 heavy (non-hydrogen) atoms. The van der Waals surface area contributed by atoms with E-state index in [1.165, 1.54) is 0 Å². The van der Waals surface area contributed by atoms with Crippen LogP contribution in [-0.2, 0) is 0 Å². The Labute approximate surface area is 81.2 Å². The zero-order chi connectivity index (χ0) is 9.64. The van der Waals surface area contributed by atoms with E-state index in [0.717, 1.165) is 5.69 Å². The fourth-order valence-corrected chi connectivity index (χ4v) is 0.975. The smallest absolute Gasteiger partial charge is 0.179 e. The highest BCUT2D eigenvalue weighted by molar-refractivity contribution is 5.76. The van der Waals surface area contributed by atoms with Gasteiger partial charge in [0.2, 0.25) is 0 Å². The van der Waals surface area contributed by atoms with E-state index in [2.05, 4.69) is 15.7 Å². The first-order valence-electron chi connectivity index (χ1n) is 4.20. The molecule has 0 aliphatic heterocycles. The van der Waals surface area contributed by atoms with Gasteiger partial charge in [-0.25, -0.2) is 0 Å². The number of nitrogens with zero attached hydrogens (tertiary/aromatic N) is 2. The molecule has 0 radical (unpaired) electrons. The van der Waals surface area contributed by atoms with Gasteiger partial charge in [-0.2, -0.15) is 5.10 Å². The van der Waals surface area contributed by atoms with Gasteiger partial charge in [0.25, 0.3) is 0 Å². The Morgan fingerprint density at radius 1 is 1.21 bits per heavy atom. The van der Waals surface area contributed by atoms with Crippen molar-refractivity contribution in [3.63, 3.8) is 0 Å². The molecule has 0 aliphatic carbocycles. The summed E-state index contributed by atoms with van der Waals surface area (Å²) in [5.74, 6) is 0.619. The number of benzene rings is 1. The molecule has 0 saturated carbocycles. The summed E-state index contributed by atoms with van der Waals surface area (Å²) in [7, 11) is 0. The summed E-state index contributed by atoms with van der Waals surface area (Å²) in [4.78, 5) is 0. The number of aromatic nitrogens is 1. The summed E-state index contributed by atoms with van der Waals surface area (Å²) in [5, 5.41) is 7.53. The van der Waals surface area contributed by atoms with Gasteiger partial charge in [-0.05, 0) is 12.1 Å². The number of hydrazone groups is 1. The van der Waals surface area contributed by atoms with E-state index in [1.54, 1.807) is 18.5 Å². The molecule has 0 amide bonds. The van der Waals surface area contributed by atoms with Crippen molar-refractivity contribution < 1.29 is 4.52 Å². The van der Waals surface area contributed by atoms with Gasteiger partial charge in [0.05, 0.1) is 18.1 Å². The van der Waals surface area contributed by atoms with Gasteiger partial charge >= 0.3 is 0 Å². The molecule has 1 aromatic heterocycles. The Bertz CT molecular complexity index is 395. The molecule has 1 heterocycles. The molecule has 2 rings (SSSR count). The van der Waals surface area contributed by atoms with Crippen LogP contribution in [0.2, 0.25) is 0 Å². The van der Waals surface area contributed by atoms with Gasteiger partial charge in [0, 0.05) is 6.07 Å². The predicted octanol–water partition coefficient (Wildman–Crippen LogP) is 2.12. The second kappa shape index (κ2) is 4.23. The first-order valence-corrected chi connectivity index (χ1v) is 4.20. The number of anilines is 1. The Hall–Kier alpha value is -2.10. The minimum absolute atomic E-state index is 0.619. The lowest BCUT2D eigenvalue weighted by Crippen LogP contribution is -1.88. The second-order valence-corrected chi connectivity index (χ2v) is 2.65. The summed E-state index contributed by atoms with van der Waals surface area (Å²) in [6.45, 7) is 0. The molecule has 1 aromatic carbocycles. The first kappa shape index (κ1) is 8.50. The number of rotatable bonds is 3.